The van der Waals surface area contributed by atoms with E-state index < -0.39 is 0 Å². The van der Waals surface area contributed by atoms with Gasteiger partial charge in [0.05, 0.1) is 11.9 Å². The van der Waals surface area contributed by atoms with Gasteiger partial charge in [0.15, 0.2) is 5.65 Å². The first kappa shape index (κ1) is 8.90. The quantitative estimate of drug-likeness (QED) is 0.766. The van der Waals surface area contributed by atoms with Crippen molar-refractivity contribution in [2.45, 2.75) is 6.42 Å². The maximum absolute atomic E-state index is 8.59. The van der Waals surface area contributed by atoms with Gasteiger partial charge in [0.1, 0.15) is 5.52 Å². The molecule has 0 saturated heterocycles. The summed E-state index contributed by atoms with van der Waals surface area (Å²) in [6.07, 6.45) is 7.89. The minimum atomic E-state index is 0.163. The number of aliphatic hydroxyl groups excluding tert-OH is 1. The van der Waals surface area contributed by atoms with Crippen LogP contribution < -0.4 is 0 Å². The van der Waals surface area contributed by atoms with Gasteiger partial charge in [0, 0.05) is 12.8 Å². The number of aliphatic hydroxyl groups is 1. The van der Waals surface area contributed by atoms with Gasteiger partial charge in [-0.2, -0.15) is 0 Å². The number of fused-ring (bicyclic) bond motifs is 1. The molecule has 0 aromatic carbocycles. The highest BCUT2D eigenvalue weighted by Gasteiger charge is 1.96. The van der Waals surface area contributed by atoms with E-state index in [1.54, 1.807) is 6.20 Å². The fourth-order valence-corrected chi connectivity index (χ4v) is 1.20. The summed E-state index contributed by atoms with van der Waals surface area (Å²) in [5.41, 5.74) is 2.46. The molecule has 0 unspecified atom stereocenters. The molecule has 0 atom stereocenters. The zero-order valence-corrected chi connectivity index (χ0v) is 7.64. The Morgan fingerprint density at radius 3 is 3.29 bits per heavy atom. The molecule has 0 radical (unpaired) electrons. The van der Waals surface area contributed by atoms with Gasteiger partial charge in [-0.3, -0.25) is 0 Å². The number of hydrogen-bond donors (Lipinski definition) is 2. The number of aromatic amines is 1. The van der Waals surface area contributed by atoms with Crippen LogP contribution in [-0.4, -0.2) is 26.7 Å². The number of H-pyrrole nitrogens is 1. The van der Waals surface area contributed by atoms with E-state index in [9.17, 15) is 0 Å². The number of hydrogen-bond acceptors (Lipinski definition) is 3. The molecule has 2 aromatic rings. The number of nitrogens with zero attached hydrogens (tertiary/aromatic N) is 2. The van der Waals surface area contributed by atoms with Crippen LogP contribution in [0.3, 0.4) is 0 Å². The first-order valence-electron chi connectivity index (χ1n) is 4.47. The fraction of sp³-hybridized carbons (Fsp3) is 0.200. The molecule has 0 saturated carbocycles. The second kappa shape index (κ2) is 4.02. The molecule has 72 valence electrons. The Hall–Kier alpha value is -1.68. The molecule has 2 rings (SSSR count). The standard InChI is InChI=1S/C10H11N3O/c14-6-2-1-3-8-7-12-10-9(13-8)4-5-11-10/h1,3-5,7,14H,2,6H2,(H,11,12). The monoisotopic (exact) mass is 189 g/mol. The summed E-state index contributed by atoms with van der Waals surface area (Å²) in [7, 11) is 0. The van der Waals surface area contributed by atoms with Crippen molar-refractivity contribution in [2.24, 2.45) is 0 Å². The van der Waals surface area contributed by atoms with Crippen molar-refractivity contribution in [3.05, 3.63) is 30.2 Å². The lowest BCUT2D eigenvalue weighted by Crippen LogP contribution is -1.85. The molecule has 0 aliphatic carbocycles. The van der Waals surface area contributed by atoms with Crippen molar-refractivity contribution in [1.82, 2.24) is 15.0 Å². The molecular weight excluding hydrogens is 178 g/mol. The second-order valence-electron chi connectivity index (χ2n) is 2.92. The first-order valence-corrected chi connectivity index (χ1v) is 4.47. The zero-order valence-electron chi connectivity index (χ0n) is 7.64. The topological polar surface area (TPSA) is 61.8 Å². The summed E-state index contributed by atoms with van der Waals surface area (Å²) in [6.45, 7) is 0.163. The number of rotatable bonds is 3. The predicted octanol–water partition coefficient (Wildman–Crippen LogP) is 1.35. The molecule has 0 aliphatic heterocycles. The lowest BCUT2D eigenvalue weighted by atomic mass is 10.3. The van der Waals surface area contributed by atoms with E-state index in [1.807, 2.05) is 24.4 Å². The highest BCUT2D eigenvalue weighted by Crippen LogP contribution is 2.07. The van der Waals surface area contributed by atoms with Crippen molar-refractivity contribution >= 4 is 17.2 Å². The fourth-order valence-electron chi connectivity index (χ4n) is 1.20. The number of nitrogens with one attached hydrogen (secondary N) is 1. The molecule has 0 amide bonds. The van der Waals surface area contributed by atoms with Crippen LogP contribution in [0.2, 0.25) is 0 Å². The highest BCUT2D eigenvalue weighted by atomic mass is 16.2. The lowest BCUT2D eigenvalue weighted by molar-refractivity contribution is 0.303. The minimum absolute atomic E-state index is 0.163. The molecule has 14 heavy (non-hydrogen) atoms. The van der Waals surface area contributed by atoms with E-state index in [0.29, 0.717) is 6.42 Å². The summed E-state index contributed by atoms with van der Waals surface area (Å²) < 4.78 is 0. The molecule has 2 N–H and O–H groups in total. The van der Waals surface area contributed by atoms with Gasteiger partial charge in [0.25, 0.3) is 0 Å². The lowest BCUT2D eigenvalue weighted by Gasteiger charge is -1.92. The Kier molecular flexibility index (Phi) is 2.55. The third kappa shape index (κ3) is 1.80. The van der Waals surface area contributed by atoms with Crippen LogP contribution in [0.15, 0.2) is 24.5 Å². The van der Waals surface area contributed by atoms with Crippen molar-refractivity contribution in [3.8, 4) is 0 Å². The van der Waals surface area contributed by atoms with Crippen LogP contribution in [0.1, 0.15) is 12.1 Å². The third-order valence-electron chi connectivity index (χ3n) is 1.86. The summed E-state index contributed by atoms with van der Waals surface area (Å²) in [5.74, 6) is 0. The van der Waals surface area contributed by atoms with Gasteiger partial charge < -0.3 is 10.1 Å². The van der Waals surface area contributed by atoms with Gasteiger partial charge in [0.2, 0.25) is 0 Å². The molecule has 0 aliphatic rings. The Labute approximate surface area is 81.3 Å². The van der Waals surface area contributed by atoms with E-state index in [0.717, 1.165) is 16.9 Å². The molecule has 2 aromatic heterocycles. The van der Waals surface area contributed by atoms with Gasteiger partial charge in [-0.05, 0) is 18.6 Å². The summed E-state index contributed by atoms with van der Waals surface area (Å²) in [4.78, 5) is 11.5. The third-order valence-corrected chi connectivity index (χ3v) is 1.86. The average Bonchev–Trinajstić information content (AvgIpc) is 2.65. The number of aromatic nitrogens is 3. The zero-order chi connectivity index (χ0) is 9.80. The van der Waals surface area contributed by atoms with Gasteiger partial charge in [-0.15, -0.1) is 0 Å². The Morgan fingerprint density at radius 1 is 1.50 bits per heavy atom. The van der Waals surface area contributed by atoms with Crippen LogP contribution in [-0.2, 0) is 0 Å². The first-order chi connectivity index (χ1) is 6.90. The second-order valence-corrected chi connectivity index (χ2v) is 2.92. The van der Waals surface area contributed by atoms with Crippen molar-refractivity contribution in [3.63, 3.8) is 0 Å². The largest absolute Gasteiger partial charge is 0.396 e. The summed E-state index contributed by atoms with van der Waals surface area (Å²) >= 11 is 0. The van der Waals surface area contributed by atoms with Gasteiger partial charge in [-0.1, -0.05) is 6.08 Å². The molecule has 2 heterocycles. The Morgan fingerprint density at radius 2 is 2.43 bits per heavy atom. The van der Waals surface area contributed by atoms with Gasteiger partial charge >= 0.3 is 0 Å². The van der Waals surface area contributed by atoms with Crippen LogP contribution in [0.25, 0.3) is 17.2 Å². The minimum Gasteiger partial charge on any atom is -0.396 e. The maximum Gasteiger partial charge on any atom is 0.156 e. The Bertz CT molecular complexity index is 447. The molecule has 4 nitrogen and oxygen atoms in total. The van der Waals surface area contributed by atoms with Crippen molar-refractivity contribution in [1.29, 1.82) is 0 Å². The predicted molar refractivity (Wildman–Crippen MR) is 54.6 cm³/mol. The van der Waals surface area contributed by atoms with E-state index in [4.69, 9.17) is 5.11 Å². The van der Waals surface area contributed by atoms with Crippen LogP contribution in [0.5, 0.6) is 0 Å². The normalized spacial score (nSPS) is 11.5. The maximum atomic E-state index is 8.59. The molecule has 0 bridgehead atoms. The van der Waals surface area contributed by atoms with E-state index in [1.165, 1.54) is 0 Å². The Balaban J connectivity index is 2.25. The van der Waals surface area contributed by atoms with Crippen LogP contribution in [0, 0.1) is 0 Å². The van der Waals surface area contributed by atoms with Crippen molar-refractivity contribution in [2.75, 3.05) is 6.61 Å². The summed E-state index contributed by atoms with van der Waals surface area (Å²) in [5, 5.41) is 8.59. The highest BCUT2D eigenvalue weighted by molar-refractivity contribution is 5.71. The average molecular weight is 189 g/mol. The van der Waals surface area contributed by atoms with E-state index in [2.05, 4.69) is 15.0 Å². The molecule has 0 fully saturated rings. The molecule has 0 spiro atoms. The SMILES string of the molecule is OCCC=Cc1cnc2[nH]ccc2n1. The molecule has 4 heteroatoms. The van der Waals surface area contributed by atoms with Crippen LogP contribution in [0.4, 0.5) is 0 Å². The van der Waals surface area contributed by atoms with Crippen molar-refractivity contribution < 1.29 is 5.11 Å². The van der Waals surface area contributed by atoms with E-state index >= 15 is 0 Å². The van der Waals surface area contributed by atoms with Gasteiger partial charge in [-0.25, -0.2) is 9.97 Å². The molecular formula is C10H11N3O. The van der Waals surface area contributed by atoms with E-state index in [-0.39, 0.29) is 6.61 Å². The smallest absolute Gasteiger partial charge is 0.156 e. The van der Waals surface area contributed by atoms with Crippen LogP contribution >= 0.6 is 0 Å². The summed E-state index contributed by atoms with van der Waals surface area (Å²) in [6, 6.07) is 1.88.